The molecule has 2 aliphatic carbocycles. The molecule has 25 heavy (non-hydrogen) atoms. The predicted octanol–water partition coefficient (Wildman–Crippen LogP) is 1.91. The zero-order valence-corrected chi connectivity index (χ0v) is 15.9. The van der Waals surface area contributed by atoms with Crippen molar-refractivity contribution in [3.05, 3.63) is 0 Å². The first-order valence-electron chi connectivity index (χ1n) is 9.24. The number of aliphatic hydroxyl groups is 2. The Bertz CT molecular complexity index is 506. The van der Waals surface area contributed by atoms with Crippen LogP contribution >= 0.6 is 0 Å². The Balaban J connectivity index is 2.40. The molecule has 0 aromatic rings. The van der Waals surface area contributed by atoms with Crippen LogP contribution in [-0.4, -0.2) is 47.1 Å². The summed E-state index contributed by atoms with van der Waals surface area (Å²) in [5.41, 5.74) is -0.193. The molecule has 2 N–H and O–H groups in total. The van der Waals surface area contributed by atoms with Crippen LogP contribution in [0.25, 0.3) is 0 Å². The third-order valence-electron chi connectivity index (χ3n) is 6.38. The van der Waals surface area contributed by atoms with Gasteiger partial charge in [0, 0.05) is 32.3 Å². The van der Waals surface area contributed by atoms with Crippen LogP contribution in [0, 0.1) is 29.1 Å². The van der Waals surface area contributed by atoms with E-state index in [1.165, 1.54) is 13.8 Å². The highest BCUT2D eigenvalue weighted by molar-refractivity contribution is 5.66. The molecule has 2 saturated carbocycles. The number of fused-ring (bicyclic) bond motifs is 1. The molecule has 0 bridgehead atoms. The van der Waals surface area contributed by atoms with Crippen LogP contribution in [0.5, 0.6) is 0 Å². The molecule has 0 aromatic carbocycles. The summed E-state index contributed by atoms with van der Waals surface area (Å²) in [5.74, 6) is -1.24. The molecule has 0 saturated heterocycles. The average Bonchev–Trinajstić information content (AvgIpc) is 2.48. The van der Waals surface area contributed by atoms with Gasteiger partial charge in [-0.25, -0.2) is 0 Å². The van der Waals surface area contributed by atoms with Crippen molar-refractivity contribution in [1.82, 2.24) is 0 Å². The molecule has 0 heterocycles. The van der Waals surface area contributed by atoms with Gasteiger partial charge in [-0.1, -0.05) is 20.8 Å². The third-order valence-corrected chi connectivity index (χ3v) is 6.38. The van der Waals surface area contributed by atoms with Gasteiger partial charge in [0.25, 0.3) is 0 Å². The Kier molecular flexibility index (Phi) is 6.15. The molecular formula is C19H32O6. The number of hydrogen-bond acceptors (Lipinski definition) is 6. The van der Waals surface area contributed by atoms with Gasteiger partial charge in [0.15, 0.2) is 0 Å². The summed E-state index contributed by atoms with van der Waals surface area (Å²) in [4.78, 5) is 23.2. The molecule has 2 aliphatic rings. The van der Waals surface area contributed by atoms with Crippen LogP contribution < -0.4 is 0 Å². The van der Waals surface area contributed by atoms with E-state index in [0.717, 1.165) is 12.8 Å². The average molecular weight is 356 g/mol. The maximum Gasteiger partial charge on any atom is 0.302 e. The van der Waals surface area contributed by atoms with Gasteiger partial charge in [-0.2, -0.15) is 0 Å². The molecule has 2 fully saturated rings. The van der Waals surface area contributed by atoms with E-state index < -0.39 is 18.2 Å². The third kappa shape index (κ3) is 4.00. The summed E-state index contributed by atoms with van der Waals surface area (Å²) < 4.78 is 11.2. The molecule has 0 spiro atoms. The van der Waals surface area contributed by atoms with E-state index in [9.17, 15) is 19.8 Å². The fourth-order valence-corrected chi connectivity index (χ4v) is 5.32. The van der Waals surface area contributed by atoms with E-state index in [0.29, 0.717) is 6.42 Å². The van der Waals surface area contributed by atoms with E-state index in [1.54, 1.807) is 0 Å². The highest BCUT2D eigenvalue weighted by Gasteiger charge is 2.58. The smallest absolute Gasteiger partial charge is 0.302 e. The van der Waals surface area contributed by atoms with Gasteiger partial charge in [0.2, 0.25) is 0 Å². The van der Waals surface area contributed by atoms with Gasteiger partial charge in [-0.15, -0.1) is 0 Å². The molecule has 8 atom stereocenters. The van der Waals surface area contributed by atoms with Crippen LogP contribution in [0.4, 0.5) is 0 Å². The molecular weight excluding hydrogens is 324 g/mol. The summed E-state index contributed by atoms with van der Waals surface area (Å²) in [7, 11) is 0. The second kappa shape index (κ2) is 7.62. The molecule has 144 valence electrons. The van der Waals surface area contributed by atoms with E-state index in [1.807, 2.05) is 13.8 Å². The van der Waals surface area contributed by atoms with Crippen molar-refractivity contribution < 1.29 is 29.3 Å². The second-order valence-corrected chi connectivity index (χ2v) is 8.31. The first kappa shape index (κ1) is 20.2. The first-order valence-corrected chi connectivity index (χ1v) is 9.24. The minimum atomic E-state index is -0.634. The molecule has 0 aromatic heterocycles. The lowest BCUT2D eigenvalue weighted by Gasteiger charge is -2.57. The Labute approximate surface area is 149 Å². The van der Waals surface area contributed by atoms with Crippen LogP contribution in [0.15, 0.2) is 0 Å². The Morgan fingerprint density at radius 2 is 1.84 bits per heavy atom. The molecule has 6 heteroatoms. The van der Waals surface area contributed by atoms with Gasteiger partial charge >= 0.3 is 11.9 Å². The number of aliphatic hydroxyl groups excluding tert-OH is 2. The summed E-state index contributed by atoms with van der Waals surface area (Å²) in [6.45, 7) is 8.72. The zero-order chi connectivity index (χ0) is 18.9. The maximum atomic E-state index is 11.8. The lowest BCUT2D eigenvalue weighted by molar-refractivity contribution is -0.209. The molecule has 0 aliphatic heterocycles. The van der Waals surface area contributed by atoms with Crippen molar-refractivity contribution in [3.8, 4) is 0 Å². The highest BCUT2D eigenvalue weighted by Crippen LogP contribution is 2.56. The van der Waals surface area contributed by atoms with Crippen molar-refractivity contribution in [2.75, 3.05) is 6.61 Å². The van der Waals surface area contributed by atoms with Crippen LogP contribution in [0.1, 0.15) is 53.9 Å². The summed E-state index contributed by atoms with van der Waals surface area (Å²) >= 11 is 0. The van der Waals surface area contributed by atoms with Crippen molar-refractivity contribution >= 4 is 11.9 Å². The highest BCUT2D eigenvalue weighted by atomic mass is 16.6. The van der Waals surface area contributed by atoms with E-state index >= 15 is 0 Å². The van der Waals surface area contributed by atoms with Crippen molar-refractivity contribution in [2.45, 2.75) is 72.2 Å². The largest absolute Gasteiger partial charge is 0.462 e. The zero-order valence-electron chi connectivity index (χ0n) is 15.9. The van der Waals surface area contributed by atoms with Crippen LogP contribution in [0.2, 0.25) is 0 Å². The van der Waals surface area contributed by atoms with Crippen molar-refractivity contribution in [1.29, 1.82) is 0 Å². The fraction of sp³-hybridized carbons (Fsp3) is 0.895. The molecule has 0 unspecified atom stereocenters. The monoisotopic (exact) mass is 356 g/mol. The Hall–Kier alpha value is -1.14. The second-order valence-electron chi connectivity index (χ2n) is 8.31. The molecule has 2 rings (SSSR count). The predicted molar refractivity (Wildman–Crippen MR) is 91.5 cm³/mol. The van der Waals surface area contributed by atoms with E-state index in [2.05, 4.69) is 6.92 Å². The Morgan fingerprint density at radius 3 is 2.36 bits per heavy atom. The summed E-state index contributed by atoms with van der Waals surface area (Å²) in [6.07, 6.45) is 0.797. The lowest BCUT2D eigenvalue weighted by atomic mass is 9.51. The summed E-state index contributed by atoms with van der Waals surface area (Å²) in [5, 5.41) is 20.4. The number of rotatable bonds is 4. The SMILES string of the molecule is CC(=O)O[C@H]1[C@H]([C@H](C)CO)[C@@H](O)C[C@@]2(C)CC[C@H](OC(C)=O)[C@H](C)[C@H]12. The van der Waals surface area contributed by atoms with Gasteiger partial charge in [-0.05, 0) is 36.5 Å². The number of hydrogen-bond donors (Lipinski definition) is 2. The minimum absolute atomic E-state index is 0.00731. The number of carbonyl (C=O) groups is 2. The molecule has 0 amide bonds. The van der Waals surface area contributed by atoms with E-state index in [4.69, 9.17) is 9.47 Å². The summed E-state index contributed by atoms with van der Waals surface area (Å²) in [6, 6.07) is 0. The van der Waals surface area contributed by atoms with Crippen LogP contribution in [0.3, 0.4) is 0 Å². The van der Waals surface area contributed by atoms with E-state index in [-0.39, 0.29) is 47.8 Å². The van der Waals surface area contributed by atoms with Crippen molar-refractivity contribution in [2.24, 2.45) is 29.1 Å². The molecule has 6 nitrogen and oxygen atoms in total. The quantitative estimate of drug-likeness (QED) is 0.748. The van der Waals surface area contributed by atoms with Crippen molar-refractivity contribution in [3.63, 3.8) is 0 Å². The van der Waals surface area contributed by atoms with Gasteiger partial charge in [-0.3, -0.25) is 9.59 Å². The molecule has 0 radical (unpaired) electrons. The number of ether oxygens (including phenoxy) is 2. The number of esters is 2. The standard InChI is InChI=1S/C19H32O6/c1-10(9-20)16-14(23)8-19(5)7-6-15(24-12(3)21)11(2)17(19)18(16)25-13(4)22/h10-11,14-18,20,23H,6-9H2,1-5H3/t10-,11+,14+,15+,16-,17-,18+,19-/m1/s1. The Morgan fingerprint density at radius 1 is 1.24 bits per heavy atom. The first-order chi connectivity index (χ1) is 11.6. The van der Waals surface area contributed by atoms with Gasteiger partial charge < -0.3 is 19.7 Å². The topological polar surface area (TPSA) is 93.1 Å². The minimum Gasteiger partial charge on any atom is -0.462 e. The fourth-order valence-electron chi connectivity index (χ4n) is 5.32. The van der Waals surface area contributed by atoms with Gasteiger partial charge in [0.05, 0.1) is 6.10 Å². The number of carbonyl (C=O) groups excluding carboxylic acids is 2. The van der Waals surface area contributed by atoms with Gasteiger partial charge in [0.1, 0.15) is 12.2 Å². The maximum absolute atomic E-state index is 11.8. The van der Waals surface area contributed by atoms with Crippen LogP contribution in [-0.2, 0) is 19.1 Å². The normalized spacial score (nSPS) is 42.2. The lowest BCUT2D eigenvalue weighted by Crippen LogP contribution is -2.60.